The first-order valence-corrected chi connectivity index (χ1v) is 6.20. The zero-order chi connectivity index (χ0) is 11.5. The first-order valence-electron chi connectivity index (χ1n) is 6.20. The van der Waals surface area contributed by atoms with Crippen molar-refractivity contribution in [2.45, 2.75) is 36.9 Å². The molecule has 3 nitrogen and oxygen atoms in total. The van der Waals surface area contributed by atoms with Crippen LogP contribution in [-0.4, -0.2) is 24.6 Å². The van der Waals surface area contributed by atoms with Gasteiger partial charge in [-0.3, -0.25) is 4.79 Å². The summed E-state index contributed by atoms with van der Waals surface area (Å²) < 4.78 is 11.8. The number of carbonyl (C=O) groups excluding carboxylic acids is 1. The second kappa shape index (κ2) is 3.10. The predicted molar refractivity (Wildman–Crippen MR) is 61.1 cm³/mol. The summed E-state index contributed by atoms with van der Waals surface area (Å²) in [5.74, 6) is 1.22. The van der Waals surface area contributed by atoms with Crippen LogP contribution in [-0.2, 0) is 14.9 Å². The maximum atomic E-state index is 11.7. The standard InChI is InChI=1S/C14H14O3/c15-9-7-12-14(5-6-16-12)10-3-1-2-4-11(10)17-13(14)8-9/h1-4,12-13H,5-8H2/t12-,13-,14+/m0/s1. The minimum atomic E-state index is -0.0511. The quantitative estimate of drug-likeness (QED) is 0.682. The van der Waals surface area contributed by atoms with Crippen molar-refractivity contribution < 1.29 is 14.3 Å². The lowest BCUT2D eigenvalue weighted by Crippen LogP contribution is -2.50. The number of carbonyl (C=O) groups is 1. The van der Waals surface area contributed by atoms with E-state index in [1.165, 1.54) is 5.56 Å². The smallest absolute Gasteiger partial charge is 0.139 e. The molecular formula is C14H14O3. The molecule has 2 heterocycles. The van der Waals surface area contributed by atoms with Gasteiger partial charge >= 0.3 is 0 Å². The fraction of sp³-hybridized carbons (Fsp3) is 0.500. The zero-order valence-corrected chi connectivity index (χ0v) is 9.52. The van der Waals surface area contributed by atoms with E-state index in [1.54, 1.807) is 0 Å². The average Bonchev–Trinajstić information content (AvgIpc) is 2.86. The van der Waals surface area contributed by atoms with Gasteiger partial charge in [0.15, 0.2) is 0 Å². The summed E-state index contributed by atoms with van der Waals surface area (Å²) in [6.45, 7) is 0.742. The van der Waals surface area contributed by atoms with E-state index in [9.17, 15) is 4.79 Å². The molecule has 2 fully saturated rings. The Morgan fingerprint density at radius 2 is 2.00 bits per heavy atom. The maximum Gasteiger partial charge on any atom is 0.139 e. The molecule has 1 saturated carbocycles. The van der Waals surface area contributed by atoms with Crippen LogP contribution in [0.3, 0.4) is 0 Å². The molecule has 3 heteroatoms. The molecule has 1 saturated heterocycles. The normalized spacial score (nSPS) is 38.2. The van der Waals surface area contributed by atoms with Crippen LogP contribution in [0.2, 0.25) is 0 Å². The van der Waals surface area contributed by atoms with E-state index in [0.29, 0.717) is 12.8 Å². The number of para-hydroxylation sites is 1. The fourth-order valence-electron chi connectivity index (χ4n) is 3.70. The van der Waals surface area contributed by atoms with E-state index in [2.05, 4.69) is 6.07 Å². The van der Waals surface area contributed by atoms with Gasteiger partial charge in [0, 0.05) is 25.0 Å². The number of benzene rings is 1. The average molecular weight is 230 g/mol. The van der Waals surface area contributed by atoms with Gasteiger partial charge < -0.3 is 9.47 Å². The first-order chi connectivity index (χ1) is 8.30. The highest BCUT2D eigenvalue weighted by molar-refractivity contribution is 5.82. The van der Waals surface area contributed by atoms with Crippen LogP contribution in [0.1, 0.15) is 24.8 Å². The summed E-state index contributed by atoms with van der Waals surface area (Å²) in [6.07, 6.45) is 2.08. The summed E-state index contributed by atoms with van der Waals surface area (Å²) >= 11 is 0. The van der Waals surface area contributed by atoms with Crippen LogP contribution in [0, 0.1) is 0 Å². The molecule has 88 valence electrons. The SMILES string of the molecule is O=C1C[C@@H]2OCC[C@@]23c2ccccc2O[C@H]3C1. The fourth-order valence-corrected chi connectivity index (χ4v) is 3.70. The highest BCUT2D eigenvalue weighted by Gasteiger charge is 2.60. The lowest BCUT2D eigenvalue weighted by Gasteiger charge is -2.37. The van der Waals surface area contributed by atoms with Gasteiger partial charge in [-0.15, -0.1) is 0 Å². The Morgan fingerprint density at radius 1 is 1.18 bits per heavy atom. The molecule has 2 aliphatic heterocycles. The van der Waals surface area contributed by atoms with Gasteiger partial charge in [-0.1, -0.05) is 18.2 Å². The molecule has 1 aromatic carbocycles. The van der Waals surface area contributed by atoms with Gasteiger partial charge in [-0.2, -0.15) is 0 Å². The van der Waals surface area contributed by atoms with E-state index in [4.69, 9.17) is 9.47 Å². The molecule has 0 aromatic heterocycles. The summed E-state index contributed by atoms with van der Waals surface area (Å²) in [5, 5.41) is 0. The van der Waals surface area contributed by atoms with Crippen molar-refractivity contribution in [2.75, 3.05) is 6.61 Å². The Hall–Kier alpha value is -1.35. The van der Waals surface area contributed by atoms with Crippen LogP contribution >= 0.6 is 0 Å². The third kappa shape index (κ3) is 1.08. The molecule has 0 unspecified atom stereocenters. The van der Waals surface area contributed by atoms with E-state index in [0.717, 1.165) is 18.8 Å². The van der Waals surface area contributed by atoms with E-state index in [1.807, 2.05) is 18.2 Å². The molecule has 0 N–H and O–H groups in total. The maximum absolute atomic E-state index is 11.7. The summed E-state index contributed by atoms with van der Waals surface area (Å²) in [4.78, 5) is 11.7. The molecule has 1 aromatic rings. The van der Waals surface area contributed by atoms with E-state index >= 15 is 0 Å². The molecule has 3 atom stereocenters. The molecule has 0 amide bonds. The lowest BCUT2D eigenvalue weighted by molar-refractivity contribution is -0.128. The number of ketones is 1. The second-order valence-electron chi connectivity index (χ2n) is 5.20. The van der Waals surface area contributed by atoms with Crippen LogP contribution in [0.25, 0.3) is 0 Å². The number of hydrogen-bond donors (Lipinski definition) is 0. The highest BCUT2D eigenvalue weighted by atomic mass is 16.5. The molecule has 3 aliphatic rings. The number of rotatable bonds is 0. The molecule has 1 spiro atoms. The van der Waals surface area contributed by atoms with Crippen molar-refractivity contribution in [3.8, 4) is 5.75 Å². The highest BCUT2D eigenvalue weighted by Crippen LogP contribution is 2.54. The van der Waals surface area contributed by atoms with Gasteiger partial charge in [-0.25, -0.2) is 0 Å². The topological polar surface area (TPSA) is 35.5 Å². The van der Waals surface area contributed by atoms with Crippen molar-refractivity contribution in [3.63, 3.8) is 0 Å². The minimum Gasteiger partial charge on any atom is -0.489 e. The largest absolute Gasteiger partial charge is 0.489 e. The van der Waals surface area contributed by atoms with Gasteiger partial charge in [0.05, 0.1) is 11.5 Å². The van der Waals surface area contributed by atoms with Gasteiger partial charge in [0.1, 0.15) is 17.6 Å². The summed E-state index contributed by atoms with van der Waals surface area (Å²) in [5.41, 5.74) is 1.20. The van der Waals surface area contributed by atoms with Crippen LogP contribution in [0.5, 0.6) is 5.75 Å². The first kappa shape index (κ1) is 9.66. The predicted octanol–water partition coefficient (Wildman–Crippen LogP) is 1.84. The van der Waals surface area contributed by atoms with Crippen molar-refractivity contribution in [3.05, 3.63) is 29.8 Å². The van der Waals surface area contributed by atoms with Crippen molar-refractivity contribution in [1.82, 2.24) is 0 Å². The van der Waals surface area contributed by atoms with E-state index < -0.39 is 0 Å². The minimum absolute atomic E-state index is 0.00588. The van der Waals surface area contributed by atoms with Crippen LogP contribution < -0.4 is 4.74 Å². The molecule has 0 radical (unpaired) electrons. The molecule has 4 rings (SSSR count). The van der Waals surface area contributed by atoms with Gasteiger partial charge in [0.2, 0.25) is 0 Å². The summed E-state index contributed by atoms with van der Waals surface area (Å²) in [7, 11) is 0. The van der Waals surface area contributed by atoms with Crippen molar-refractivity contribution in [2.24, 2.45) is 0 Å². The van der Waals surface area contributed by atoms with Crippen molar-refractivity contribution >= 4 is 5.78 Å². The Morgan fingerprint density at radius 3 is 2.94 bits per heavy atom. The van der Waals surface area contributed by atoms with Gasteiger partial charge in [0.25, 0.3) is 0 Å². The molecular weight excluding hydrogens is 216 g/mol. The summed E-state index contributed by atoms with van der Waals surface area (Å²) in [6, 6.07) is 8.17. The Kier molecular flexibility index (Phi) is 1.76. The Balaban J connectivity index is 1.90. The van der Waals surface area contributed by atoms with Crippen LogP contribution in [0.15, 0.2) is 24.3 Å². The lowest BCUT2D eigenvalue weighted by atomic mass is 9.66. The van der Waals surface area contributed by atoms with Crippen molar-refractivity contribution in [1.29, 1.82) is 0 Å². The number of Topliss-reactive ketones (excluding diaryl/α,β-unsaturated/α-hetero) is 1. The Bertz CT molecular complexity index is 496. The zero-order valence-electron chi connectivity index (χ0n) is 9.52. The second-order valence-corrected chi connectivity index (χ2v) is 5.20. The molecule has 1 aliphatic carbocycles. The van der Waals surface area contributed by atoms with E-state index in [-0.39, 0.29) is 23.4 Å². The molecule has 17 heavy (non-hydrogen) atoms. The van der Waals surface area contributed by atoms with Gasteiger partial charge in [-0.05, 0) is 12.5 Å². The third-order valence-corrected chi connectivity index (χ3v) is 4.47. The third-order valence-electron chi connectivity index (χ3n) is 4.47. The Labute approximate surface area is 99.7 Å². The number of ether oxygens (including phenoxy) is 2. The molecule has 0 bridgehead atoms. The van der Waals surface area contributed by atoms with Crippen LogP contribution in [0.4, 0.5) is 0 Å². The monoisotopic (exact) mass is 230 g/mol. The number of hydrogen-bond acceptors (Lipinski definition) is 3. The number of fused-ring (bicyclic) bond motifs is 1.